The van der Waals surface area contributed by atoms with Crippen molar-refractivity contribution < 1.29 is 14.0 Å². The highest BCUT2D eigenvalue weighted by Crippen LogP contribution is 2.38. The van der Waals surface area contributed by atoms with Gasteiger partial charge >= 0.3 is 0 Å². The first kappa shape index (κ1) is 19.1. The van der Waals surface area contributed by atoms with E-state index in [-0.39, 0.29) is 5.79 Å². The molecule has 142 valence electrons. The molecular formula is C18H30ClN3O3. The van der Waals surface area contributed by atoms with Crippen LogP contribution in [-0.4, -0.2) is 59.6 Å². The first-order chi connectivity index (χ1) is 12.3. The van der Waals surface area contributed by atoms with E-state index in [1.165, 1.54) is 19.2 Å². The van der Waals surface area contributed by atoms with Gasteiger partial charge in [0.1, 0.15) is 0 Å². The molecule has 0 atom stereocenters. The highest BCUT2D eigenvalue weighted by atomic mass is 35.5. The molecule has 1 saturated carbocycles. The summed E-state index contributed by atoms with van der Waals surface area (Å²) in [5.74, 6) is 1.87. The smallest absolute Gasteiger partial charge is 0.229 e. The zero-order valence-corrected chi connectivity index (χ0v) is 16.1. The Kier molecular flexibility index (Phi) is 6.72. The van der Waals surface area contributed by atoms with E-state index < -0.39 is 0 Å². The van der Waals surface area contributed by atoms with Gasteiger partial charge in [0.05, 0.1) is 13.2 Å². The Bertz CT molecular complexity index is 515. The van der Waals surface area contributed by atoms with Crippen LogP contribution in [-0.2, 0) is 15.9 Å². The van der Waals surface area contributed by atoms with E-state index in [1.807, 2.05) is 0 Å². The number of halogens is 1. The van der Waals surface area contributed by atoms with E-state index in [0.717, 1.165) is 70.1 Å². The maximum absolute atomic E-state index is 5.84. The number of hydrogen-bond donors (Lipinski definition) is 0. The topological polar surface area (TPSA) is 60.6 Å². The highest BCUT2D eigenvalue weighted by molar-refractivity contribution is 6.15. The lowest BCUT2D eigenvalue weighted by molar-refractivity contribution is -0.184. The number of aromatic nitrogens is 2. The summed E-state index contributed by atoms with van der Waals surface area (Å²) in [6.07, 6.45) is 9.02. The van der Waals surface area contributed by atoms with E-state index in [2.05, 4.69) is 33.6 Å². The Hall–Kier alpha value is -0.690. The fourth-order valence-electron chi connectivity index (χ4n) is 4.28. The van der Waals surface area contributed by atoms with Crippen molar-refractivity contribution in [2.45, 2.75) is 69.6 Å². The quantitative estimate of drug-likeness (QED) is 0.759. The SMILES string of the molecule is CCc1noc(C2CCN(C3CCC4(CC3)OCCO4)CC2)n1.CCl. The number of ether oxygens (including phenoxy) is 2. The average Bonchev–Trinajstić information content (AvgIpc) is 3.34. The van der Waals surface area contributed by atoms with Crippen LogP contribution in [0.1, 0.15) is 63.1 Å². The summed E-state index contributed by atoms with van der Waals surface area (Å²) in [6, 6.07) is 0.684. The van der Waals surface area contributed by atoms with E-state index in [4.69, 9.17) is 14.0 Å². The lowest BCUT2D eigenvalue weighted by Crippen LogP contribution is -2.46. The van der Waals surface area contributed by atoms with Crippen molar-refractivity contribution in [2.75, 3.05) is 32.7 Å². The molecule has 6 nitrogen and oxygen atoms in total. The predicted octanol–water partition coefficient (Wildman–Crippen LogP) is 3.35. The Morgan fingerprint density at radius 1 is 1.08 bits per heavy atom. The number of hydrogen-bond acceptors (Lipinski definition) is 6. The van der Waals surface area contributed by atoms with E-state index in [1.54, 1.807) is 0 Å². The standard InChI is InChI=1S/C17H27N3O3.CH3Cl/c1-2-15-18-16(23-19-15)13-5-9-20(10-6-13)14-3-7-17(8-4-14)21-11-12-22-17;1-2/h13-14H,2-12H2,1H3;1H3. The van der Waals surface area contributed by atoms with Gasteiger partial charge in [-0.25, -0.2) is 0 Å². The molecule has 2 saturated heterocycles. The molecule has 2 aliphatic heterocycles. The molecule has 25 heavy (non-hydrogen) atoms. The third kappa shape index (κ3) is 4.35. The first-order valence-corrected chi connectivity index (χ1v) is 10.3. The summed E-state index contributed by atoms with van der Waals surface area (Å²) >= 11 is 4.64. The number of rotatable bonds is 3. The Labute approximate surface area is 155 Å². The van der Waals surface area contributed by atoms with E-state index in [9.17, 15) is 0 Å². The molecule has 3 aliphatic rings. The molecule has 0 radical (unpaired) electrons. The normalized spacial score (nSPS) is 25.1. The molecule has 0 amide bonds. The summed E-state index contributed by atoms with van der Waals surface area (Å²) in [6.45, 7) is 5.85. The Morgan fingerprint density at radius 2 is 1.72 bits per heavy atom. The van der Waals surface area contributed by atoms with Gasteiger partial charge < -0.3 is 18.9 Å². The number of nitrogens with zero attached hydrogens (tertiary/aromatic N) is 3. The van der Waals surface area contributed by atoms with Crippen molar-refractivity contribution in [2.24, 2.45) is 0 Å². The second-order valence-corrected chi connectivity index (χ2v) is 7.05. The highest BCUT2D eigenvalue weighted by Gasteiger charge is 2.42. The van der Waals surface area contributed by atoms with Crippen LogP contribution in [0.4, 0.5) is 0 Å². The minimum Gasteiger partial charge on any atom is -0.348 e. The fraction of sp³-hybridized carbons (Fsp3) is 0.889. The minimum absolute atomic E-state index is 0.241. The fourth-order valence-corrected chi connectivity index (χ4v) is 4.28. The van der Waals surface area contributed by atoms with Crippen molar-refractivity contribution in [3.63, 3.8) is 0 Å². The molecule has 0 unspecified atom stereocenters. The third-order valence-corrected chi connectivity index (χ3v) is 5.73. The van der Waals surface area contributed by atoms with Crippen molar-refractivity contribution in [3.05, 3.63) is 11.7 Å². The second kappa shape index (κ2) is 8.80. The Morgan fingerprint density at radius 3 is 2.28 bits per heavy atom. The molecule has 0 aromatic carbocycles. The number of alkyl halides is 1. The maximum atomic E-state index is 5.84. The molecule has 0 bridgehead atoms. The third-order valence-electron chi connectivity index (χ3n) is 5.73. The molecule has 7 heteroatoms. The van der Waals surface area contributed by atoms with E-state index >= 15 is 0 Å². The van der Waals surface area contributed by atoms with Crippen LogP contribution in [0.15, 0.2) is 4.52 Å². The molecule has 3 heterocycles. The predicted molar refractivity (Wildman–Crippen MR) is 95.9 cm³/mol. The largest absolute Gasteiger partial charge is 0.348 e. The summed E-state index contributed by atoms with van der Waals surface area (Å²) in [5.41, 5.74) is 0. The van der Waals surface area contributed by atoms with Crippen LogP contribution in [0, 0.1) is 0 Å². The second-order valence-electron chi connectivity index (χ2n) is 7.05. The summed E-state index contributed by atoms with van der Waals surface area (Å²) in [7, 11) is 0. The summed E-state index contributed by atoms with van der Waals surface area (Å²) < 4.78 is 17.1. The van der Waals surface area contributed by atoms with Gasteiger partial charge in [0.25, 0.3) is 0 Å². The number of piperidine rings is 1. The van der Waals surface area contributed by atoms with Gasteiger partial charge in [-0.3, -0.25) is 0 Å². The Balaban J connectivity index is 0.000000880. The van der Waals surface area contributed by atoms with Gasteiger partial charge in [0.15, 0.2) is 11.6 Å². The molecular weight excluding hydrogens is 342 g/mol. The molecule has 1 aromatic heterocycles. The molecule has 1 spiro atoms. The van der Waals surface area contributed by atoms with Gasteiger partial charge in [-0.2, -0.15) is 4.98 Å². The monoisotopic (exact) mass is 371 g/mol. The van der Waals surface area contributed by atoms with Crippen molar-refractivity contribution in [3.8, 4) is 0 Å². The zero-order valence-electron chi connectivity index (χ0n) is 15.4. The maximum Gasteiger partial charge on any atom is 0.229 e. The van der Waals surface area contributed by atoms with Crippen LogP contribution in [0.5, 0.6) is 0 Å². The molecule has 4 rings (SSSR count). The van der Waals surface area contributed by atoms with Gasteiger partial charge in [-0.1, -0.05) is 12.1 Å². The first-order valence-electron chi connectivity index (χ1n) is 9.50. The lowest BCUT2D eigenvalue weighted by Gasteiger charge is -2.42. The van der Waals surface area contributed by atoms with Gasteiger partial charge in [-0.05, 0) is 38.8 Å². The molecule has 1 aliphatic carbocycles. The summed E-state index contributed by atoms with van der Waals surface area (Å²) in [4.78, 5) is 7.16. The zero-order chi connectivity index (χ0) is 17.7. The van der Waals surface area contributed by atoms with Crippen LogP contribution in [0.3, 0.4) is 0 Å². The minimum atomic E-state index is -0.241. The lowest BCUT2D eigenvalue weighted by atomic mass is 9.87. The van der Waals surface area contributed by atoms with Crippen molar-refractivity contribution in [1.82, 2.24) is 15.0 Å². The van der Waals surface area contributed by atoms with Crippen LogP contribution < -0.4 is 0 Å². The van der Waals surface area contributed by atoms with Crippen LogP contribution in [0.25, 0.3) is 0 Å². The van der Waals surface area contributed by atoms with Crippen LogP contribution >= 0.6 is 11.6 Å². The molecule has 1 aromatic rings. The average molecular weight is 372 g/mol. The van der Waals surface area contributed by atoms with Crippen molar-refractivity contribution in [1.29, 1.82) is 0 Å². The van der Waals surface area contributed by atoms with E-state index in [0.29, 0.717) is 12.0 Å². The summed E-state index contributed by atoms with van der Waals surface area (Å²) in [5, 5.41) is 4.03. The van der Waals surface area contributed by atoms with Gasteiger partial charge in [0, 0.05) is 37.6 Å². The number of aryl methyl sites for hydroxylation is 1. The van der Waals surface area contributed by atoms with Gasteiger partial charge in [-0.15, -0.1) is 11.6 Å². The molecule has 3 fully saturated rings. The van der Waals surface area contributed by atoms with Crippen LogP contribution in [0.2, 0.25) is 0 Å². The van der Waals surface area contributed by atoms with Gasteiger partial charge in [0.2, 0.25) is 5.89 Å². The molecule has 0 N–H and O–H groups in total. The van der Waals surface area contributed by atoms with Crippen molar-refractivity contribution >= 4 is 11.6 Å². The number of likely N-dealkylation sites (tertiary alicyclic amines) is 1.